The fraction of sp³-hybridized carbons (Fsp3) is 0.176. The average molecular weight is 338 g/mol. The monoisotopic (exact) mass is 338 g/mol. The van der Waals surface area contributed by atoms with Gasteiger partial charge in [0.05, 0.1) is 11.3 Å². The zero-order valence-electron chi connectivity index (χ0n) is 14.0. The van der Waals surface area contributed by atoms with Gasteiger partial charge < -0.3 is 19.7 Å². The van der Waals surface area contributed by atoms with Gasteiger partial charge in [0.2, 0.25) is 0 Å². The number of hydrogen-bond acceptors (Lipinski definition) is 6. The third-order valence-corrected chi connectivity index (χ3v) is 3.23. The van der Waals surface area contributed by atoms with Crippen LogP contribution < -0.4 is 15.8 Å². The van der Waals surface area contributed by atoms with Crippen LogP contribution in [0.4, 0.5) is 5.69 Å². The maximum atomic E-state index is 5.84. The number of amidine groups is 2. The van der Waals surface area contributed by atoms with Gasteiger partial charge >= 0.3 is 7.32 Å². The summed E-state index contributed by atoms with van der Waals surface area (Å²) in [5.41, 5.74) is 10.1. The third-order valence-electron chi connectivity index (χ3n) is 3.23. The molecule has 1 heterocycles. The third kappa shape index (κ3) is 4.51. The van der Waals surface area contributed by atoms with Gasteiger partial charge in [-0.15, -0.1) is 5.10 Å². The summed E-state index contributed by atoms with van der Waals surface area (Å²) in [6, 6.07) is 16.8. The van der Waals surface area contributed by atoms with Crippen molar-refractivity contribution in [3.05, 3.63) is 60.2 Å². The molecule has 2 aromatic rings. The summed E-state index contributed by atoms with van der Waals surface area (Å²) in [6.45, 7) is 3.75. The van der Waals surface area contributed by atoms with Crippen LogP contribution in [0.15, 0.2) is 64.7 Å². The van der Waals surface area contributed by atoms with E-state index in [0.29, 0.717) is 17.1 Å². The Morgan fingerprint density at radius 3 is 2.56 bits per heavy atom. The van der Waals surface area contributed by atoms with Crippen molar-refractivity contribution in [1.82, 2.24) is 5.43 Å². The predicted octanol–water partition coefficient (Wildman–Crippen LogP) is 2.40. The molecule has 0 bridgehead atoms. The van der Waals surface area contributed by atoms with Crippen LogP contribution >= 0.6 is 0 Å². The Bertz CT molecular complexity index is 780. The molecule has 25 heavy (non-hydrogen) atoms. The van der Waals surface area contributed by atoms with Crippen LogP contribution in [0.25, 0.3) is 0 Å². The number of aliphatic imine (C=N–C) groups is 1. The van der Waals surface area contributed by atoms with E-state index in [0.717, 1.165) is 5.69 Å². The van der Waals surface area contributed by atoms with Crippen molar-refractivity contribution >= 4 is 24.9 Å². The number of fused-ring (bicyclic) bond motifs is 1. The Hall–Kier alpha value is -3.00. The van der Waals surface area contributed by atoms with Crippen molar-refractivity contribution in [2.45, 2.75) is 20.0 Å². The van der Waals surface area contributed by atoms with Crippen molar-refractivity contribution in [1.29, 1.82) is 0 Å². The second-order valence-electron chi connectivity index (χ2n) is 5.56. The molecule has 0 unspecified atom stereocenters. The van der Waals surface area contributed by atoms with Crippen molar-refractivity contribution in [2.75, 3.05) is 0 Å². The molecule has 8 heteroatoms. The first-order chi connectivity index (χ1) is 12.1. The maximum absolute atomic E-state index is 5.84. The highest BCUT2D eigenvalue weighted by Crippen LogP contribution is 2.22. The number of nitrogens with two attached hydrogens (primary N) is 1. The lowest BCUT2D eigenvalue weighted by Gasteiger charge is -2.17. The highest BCUT2D eigenvalue weighted by atomic mass is 16.7. The molecule has 0 atom stereocenters. The molecule has 3 rings (SSSR count). The smallest absolute Gasteiger partial charge is 0.500 e. The van der Waals surface area contributed by atoms with Gasteiger partial charge in [-0.3, -0.25) is 5.43 Å². The van der Waals surface area contributed by atoms with Crippen LogP contribution in [-0.4, -0.2) is 25.3 Å². The van der Waals surface area contributed by atoms with Crippen LogP contribution in [0.1, 0.15) is 19.4 Å². The van der Waals surface area contributed by atoms with Gasteiger partial charge in [-0.1, -0.05) is 30.3 Å². The first-order valence-corrected chi connectivity index (χ1v) is 7.93. The molecule has 0 fully saturated rings. The van der Waals surface area contributed by atoms with E-state index in [4.69, 9.17) is 19.7 Å². The first-order valence-electron chi connectivity index (χ1n) is 7.93. The molecular weight excluding hydrogens is 319 g/mol. The molecule has 1 aliphatic heterocycles. The summed E-state index contributed by atoms with van der Waals surface area (Å²) in [7, 11) is -1.01. The highest BCUT2D eigenvalue weighted by molar-refractivity contribution is 6.40. The molecule has 7 nitrogen and oxygen atoms in total. The first kappa shape index (κ1) is 16.8. The predicted molar refractivity (Wildman–Crippen MR) is 97.5 cm³/mol. The summed E-state index contributed by atoms with van der Waals surface area (Å²) < 4.78 is 16.8. The second-order valence-corrected chi connectivity index (χ2v) is 5.56. The number of para-hydroxylation sites is 2. The average Bonchev–Trinajstić information content (AvgIpc) is 2.64. The van der Waals surface area contributed by atoms with E-state index >= 15 is 0 Å². The molecule has 1 aliphatic rings. The van der Waals surface area contributed by atoms with E-state index in [1.165, 1.54) is 0 Å². The van der Waals surface area contributed by atoms with Crippen molar-refractivity contribution in [2.24, 2.45) is 15.8 Å². The van der Waals surface area contributed by atoms with Crippen molar-refractivity contribution in [3.63, 3.8) is 0 Å². The van der Waals surface area contributed by atoms with E-state index in [1.807, 2.05) is 62.4 Å². The summed E-state index contributed by atoms with van der Waals surface area (Å²) in [4.78, 5) is 4.59. The van der Waals surface area contributed by atoms with E-state index in [9.17, 15) is 0 Å². The van der Waals surface area contributed by atoms with Gasteiger partial charge in [-0.2, -0.15) is 0 Å². The van der Waals surface area contributed by atoms with Crippen molar-refractivity contribution < 1.29 is 14.0 Å². The van der Waals surface area contributed by atoms with E-state index in [-0.39, 0.29) is 12.1 Å². The normalized spacial score (nSPS) is 18.0. The molecular formula is C17H19BN4O3. The Balaban J connectivity index is 2.02. The van der Waals surface area contributed by atoms with E-state index in [2.05, 4.69) is 15.5 Å². The number of hydrogen-bond donors (Lipinski definition) is 2. The van der Waals surface area contributed by atoms with Gasteiger partial charge in [0.15, 0.2) is 5.84 Å². The van der Waals surface area contributed by atoms with Crippen LogP contribution in [0.5, 0.6) is 5.75 Å². The molecule has 0 aliphatic carbocycles. The van der Waals surface area contributed by atoms with E-state index < -0.39 is 7.32 Å². The molecule has 128 valence electrons. The van der Waals surface area contributed by atoms with Gasteiger partial charge in [-0.25, -0.2) is 4.99 Å². The molecule has 3 N–H and O–H groups in total. The zero-order chi connectivity index (χ0) is 17.6. The lowest BCUT2D eigenvalue weighted by molar-refractivity contribution is 0.150. The van der Waals surface area contributed by atoms with Crippen LogP contribution in [-0.2, 0) is 9.31 Å². The van der Waals surface area contributed by atoms with Crippen LogP contribution in [0, 0.1) is 0 Å². The minimum absolute atomic E-state index is 0.112. The number of nitrogens with one attached hydrogen (secondary N) is 1. The van der Waals surface area contributed by atoms with Gasteiger partial charge in [0, 0.05) is 6.10 Å². The SMILES string of the molecule is CC(C)OB1O/C(N)=N\NC(=Nc2ccccc2)c2ccccc2O1. The minimum Gasteiger partial charge on any atom is -0.500 e. The molecule has 2 aromatic carbocycles. The molecule has 0 spiro atoms. The Morgan fingerprint density at radius 1 is 1.08 bits per heavy atom. The molecule has 0 saturated carbocycles. The summed E-state index contributed by atoms with van der Waals surface area (Å²) >= 11 is 0. The number of hydrazone groups is 1. The number of nitrogens with zero attached hydrogens (tertiary/aromatic N) is 2. The highest BCUT2D eigenvalue weighted by Gasteiger charge is 2.31. The quantitative estimate of drug-likeness (QED) is 0.839. The second kappa shape index (κ2) is 7.72. The van der Waals surface area contributed by atoms with Gasteiger partial charge in [0.1, 0.15) is 5.75 Å². The Labute approximate surface area is 146 Å². The molecule has 0 saturated heterocycles. The fourth-order valence-electron chi connectivity index (χ4n) is 2.18. The Kier molecular flexibility index (Phi) is 5.20. The maximum Gasteiger partial charge on any atom is 0.790 e. The largest absolute Gasteiger partial charge is 0.790 e. The summed E-state index contributed by atoms with van der Waals surface area (Å²) in [5, 5.41) is 4.01. The minimum atomic E-state index is -1.01. The Morgan fingerprint density at radius 2 is 1.80 bits per heavy atom. The van der Waals surface area contributed by atoms with Gasteiger partial charge in [0.25, 0.3) is 6.02 Å². The van der Waals surface area contributed by atoms with Crippen LogP contribution in [0.3, 0.4) is 0 Å². The summed E-state index contributed by atoms with van der Waals surface area (Å²) in [6.07, 6.45) is -0.115. The fourth-order valence-corrected chi connectivity index (χ4v) is 2.18. The van der Waals surface area contributed by atoms with Crippen LogP contribution in [0.2, 0.25) is 0 Å². The summed E-state index contributed by atoms with van der Waals surface area (Å²) in [5.74, 6) is 1.03. The standard InChI is InChI=1S/C17H19BN4O3/c1-12(2)23-18-24-15-11-7-6-10-14(15)16(21-22-17(19)25-18)20-13-8-4-3-5-9-13/h3-12H,1-2H3,(H2,19,22)(H,20,21). The number of benzene rings is 2. The zero-order valence-corrected chi connectivity index (χ0v) is 14.0. The van der Waals surface area contributed by atoms with Gasteiger partial charge in [-0.05, 0) is 38.1 Å². The lowest BCUT2D eigenvalue weighted by atomic mass is 10.1. The molecule has 0 amide bonds. The lowest BCUT2D eigenvalue weighted by Crippen LogP contribution is -2.38. The van der Waals surface area contributed by atoms with Crippen molar-refractivity contribution in [3.8, 4) is 5.75 Å². The number of rotatable bonds is 3. The molecule has 0 radical (unpaired) electrons. The van der Waals surface area contributed by atoms with E-state index in [1.54, 1.807) is 6.07 Å². The topological polar surface area (TPSA) is 90.5 Å². The molecule has 0 aromatic heterocycles.